The van der Waals surface area contributed by atoms with Gasteiger partial charge in [-0.3, -0.25) is 19.4 Å². The third-order valence-electron chi connectivity index (χ3n) is 5.37. The summed E-state index contributed by atoms with van der Waals surface area (Å²) in [7, 11) is 3.57. The Morgan fingerprint density at radius 2 is 1.96 bits per heavy atom. The van der Waals surface area contributed by atoms with Crippen molar-refractivity contribution in [3.8, 4) is 5.75 Å². The highest BCUT2D eigenvalue weighted by Crippen LogP contribution is 2.45. The van der Waals surface area contributed by atoms with Gasteiger partial charge in [0.1, 0.15) is 5.75 Å². The molecule has 1 aromatic rings. The molecule has 2 amide bonds. The molecular weight excluding hydrogens is 384 g/mol. The second kappa shape index (κ2) is 7.46. The van der Waals surface area contributed by atoms with Crippen LogP contribution in [0.25, 0.3) is 0 Å². The van der Waals surface area contributed by atoms with Crippen LogP contribution in [0, 0.1) is 5.41 Å². The summed E-state index contributed by atoms with van der Waals surface area (Å²) >= 11 is 3.48. The van der Waals surface area contributed by atoms with Crippen LogP contribution in [-0.4, -0.2) is 42.4 Å². The molecule has 0 radical (unpaired) electrons. The monoisotopic (exact) mass is 408 g/mol. The number of rotatable bonds is 5. The molecule has 1 aliphatic carbocycles. The van der Waals surface area contributed by atoms with Crippen LogP contribution in [0.1, 0.15) is 44.1 Å². The number of amides is 2. The Morgan fingerprint density at radius 1 is 1.24 bits per heavy atom. The molecule has 1 spiro atoms. The van der Waals surface area contributed by atoms with Crippen LogP contribution in [0.4, 0.5) is 0 Å². The highest BCUT2D eigenvalue weighted by Gasteiger charge is 2.51. The summed E-state index contributed by atoms with van der Waals surface area (Å²) in [5, 5.41) is 0. The number of methoxy groups -OCH3 is 1. The van der Waals surface area contributed by atoms with Crippen LogP contribution in [0.2, 0.25) is 0 Å². The van der Waals surface area contributed by atoms with Crippen molar-refractivity contribution in [2.75, 3.05) is 20.8 Å². The fourth-order valence-corrected chi connectivity index (χ4v) is 4.48. The lowest BCUT2D eigenvalue weighted by molar-refractivity contribution is -0.144. The molecule has 1 aliphatic heterocycles. The maximum Gasteiger partial charge on any atom is 0.237 e. The predicted octanol–water partition coefficient (Wildman–Crippen LogP) is 3.56. The molecule has 6 heteroatoms. The average Bonchev–Trinajstić information content (AvgIpc) is 2.80. The first-order chi connectivity index (χ1) is 11.9. The average molecular weight is 409 g/mol. The van der Waals surface area contributed by atoms with Crippen molar-refractivity contribution in [2.24, 2.45) is 5.41 Å². The smallest absolute Gasteiger partial charge is 0.237 e. The summed E-state index contributed by atoms with van der Waals surface area (Å²) in [4.78, 5) is 28.8. The zero-order valence-electron chi connectivity index (χ0n) is 14.9. The van der Waals surface area contributed by atoms with Crippen LogP contribution < -0.4 is 4.74 Å². The van der Waals surface area contributed by atoms with Gasteiger partial charge in [-0.1, -0.05) is 35.2 Å². The van der Waals surface area contributed by atoms with Crippen LogP contribution in [0.15, 0.2) is 22.7 Å². The fraction of sp³-hybridized carbons (Fsp3) is 0.579. The molecule has 1 aromatic carbocycles. The van der Waals surface area contributed by atoms with Gasteiger partial charge in [-0.2, -0.15) is 0 Å². The molecule has 0 N–H and O–H groups in total. The van der Waals surface area contributed by atoms with E-state index in [9.17, 15) is 9.59 Å². The van der Waals surface area contributed by atoms with Crippen molar-refractivity contribution >= 4 is 27.7 Å². The van der Waals surface area contributed by atoms with Gasteiger partial charge < -0.3 is 4.74 Å². The number of likely N-dealkylation sites (tertiary alicyclic amines) is 1. The highest BCUT2D eigenvalue weighted by molar-refractivity contribution is 9.10. The minimum atomic E-state index is -0.413. The lowest BCUT2D eigenvalue weighted by Crippen LogP contribution is -2.42. The summed E-state index contributed by atoms with van der Waals surface area (Å²) in [6.07, 6.45) is 5.38. The molecule has 5 nitrogen and oxygen atoms in total. The third kappa shape index (κ3) is 3.75. The first kappa shape index (κ1) is 18.4. The number of nitrogens with zero attached hydrogens (tertiary/aromatic N) is 2. The number of hydrogen-bond donors (Lipinski definition) is 0. The van der Waals surface area contributed by atoms with E-state index in [2.05, 4.69) is 15.9 Å². The van der Waals surface area contributed by atoms with Gasteiger partial charge in [-0.25, -0.2) is 0 Å². The van der Waals surface area contributed by atoms with Crippen LogP contribution in [-0.2, 0) is 16.1 Å². The lowest BCUT2D eigenvalue weighted by atomic mass is 9.73. The Kier molecular flexibility index (Phi) is 5.49. The first-order valence-corrected chi connectivity index (χ1v) is 9.60. The van der Waals surface area contributed by atoms with Crippen molar-refractivity contribution in [3.05, 3.63) is 28.2 Å². The van der Waals surface area contributed by atoms with Gasteiger partial charge in [-0.05, 0) is 38.1 Å². The van der Waals surface area contributed by atoms with Crippen LogP contribution in [0.3, 0.4) is 0 Å². The Labute approximate surface area is 157 Å². The van der Waals surface area contributed by atoms with Crippen LogP contribution >= 0.6 is 15.9 Å². The van der Waals surface area contributed by atoms with E-state index >= 15 is 0 Å². The second-order valence-electron chi connectivity index (χ2n) is 7.26. The maximum atomic E-state index is 12.9. The van der Waals surface area contributed by atoms with E-state index in [1.54, 1.807) is 7.11 Å². The van der Waals surface area contributed by atoms with Gasteiger partial charge in [0, 0.05) is 23.0 Å². The molecular formula is C19H25BrN2O3. The molecule has 2 fully saturated rings. The van der Waals surface area contributed by atoms with E-state index in [1.807, 2.05) is 30.1 Å². The number of carbonyl (C=O) groups is 2. The maximum absolute atomic E-state index is 12.9. The number of ether oxygens (including phenoxy) is 1. The summed E-state index contributed by atoms with van der Waals surface area (Å²) in [5.74, 6) is 0.808. The van der Waals surface area contributed by atoms with Gasteiger partial charge >= 0.3 is 0 Å². The Balaban J connectivity index is 1.69. The van der Waals surface area contributed by atoms with E-state index in [-0.39, 0.29) is 11.8 Å². The molecule has 136 valence electrons. The second-order valence-corrected chi connectivity index (χ2v) is 8.17. The van der Waals surface area contributed by atoms with E-state index in [1.165, 1.54) is 11.3 Å². The fourth-order valence-electron chi connectivity index (χ4n) is 4.08. The molecule has 0 unspecified atom stereocenters. The van der Waals surface area contributed by atoms with E-state index in [4.69, 9.17) is 4.74 Å². The molecule has 1 saturated heterocycles. The number of hydrogen-bond acceptors (Lipinski definition) is 4. The van der Waals surface area contributed by atoms with Gasteiger partial charge in [0.25, 0.3) is 0 Å². The predicted molar refractivity (Wildman–Crippen MR) is 99.0 cm³/mol. The third-order valence-corrected chi connectivity index (χ3v) is 5.86. The minimum absolute atomic E-state index is 0.0278. The SMILES string of the molecule is COc1ccc(Br)cc1CN(C)CN1C(=O)CC2(CCCCC2)C1=O. The topological polar surface area (TPSA) is 49.9 Å². The van der Waals surface area contributed by atoms with Gasteiger partial charge in [0.15, 0.2) is 0 Å². The Bertz CT molecular complexity index is 671. The first-order valence-electron chi connectivity index (χ1n) is 8.81. The van der Waals surface area contributed by atoms with Gasteiger partial charge in [0.2, 0.25) is 11.8 Å². The van der Waals surface area contributed by atoms with E-state index in [0.29, 0.717) is 19.6 Å². The molecule has 0 atom stereocenters. The molecule has 0 bridgehead atoms. The summed E-state index contributed by atoms with van der Waals surface area (Å²) in [5.41, 5.74) is 0.606. The summed E-state index contributed by atoms with van der Waals surface area (Å²) < 4.78 is 6.39. The Hall–Kier alpha value is -1.40. The highest BCUT2D eigenvalue weighted by atomic mass is 79.9. The number of carbonyl (C=O) groups excluding carboxylic acids is 2. The molecule has 0 aromatic heterocycles. The zero-order valence-corrected chi connectivity index (χ0v) is 16.5. The quantitative estimate of drug-likeness (QED) is 0.698. The molecule has 3 rings (SSSR count). The van der Waals surface area contributed by atoms with E-state index in [0.717, 1.165) is 41.5 Å². The molecule has 2 aliphatic rings. The van der Waals surface area contributed by atoms with Crippen LogP contribution in [0.5, 0.6) is 5.75 Å². The molecule has 1 heterocycles. The summed E-state index contributed by atoms with van der Waals surface area (Å²) in [6, 6.07) is 5.85. The molecule has 25 heavy (non-hydrogen) atoms. The minimum Gasteiger partial charge on any atom is -0.496 e. The van der Waals surface area contributed by atoms with Crippen molar-refractivity contribution in [1.29, 1.82) is 0 Å². The van der Waals surface area contributed by atoms with Gasteiger partial charge in [-0.15, -0.1) is 0 Å². The number of imide groups is 1. The van der Waals surface area contributed by atoms with Crippen molar-refractivity contribution in [1.82, 2.24) is 9.80 Å². The number of benzene rings is 1. The molecule has 1 saturated carbocycles. The lowest BCUT2D eigenvalue weighted by Gasteiger charge is -2.31. The van der Waals surface area contributed by atoms with Crippen molar-refractivity contribution in [2.45, 2.75) is 45.1 Å². The summed E-state index contributed by atoms with van der Waals surface area (Å²) in [6.45, 7) is 0.932. The van der Waals surface area contributed by atoms with E-state index < -0.39 is 5.41 Å². The Morgan fingerprint density at radius 3 is 2.64 bits per heavy atom. The van der Waals surface area contributed by atoms with Gasteiger partial charge in [0.05, 0.1) is 19.2 Å². The largest absolute Gasteiger partial charge is 0.496 e. The standard InChI is InChI=1S/C19H25BrN2O3/c1-21(12-14-10-15(20)6-7-16(14)25-2)13-22-17(23)11-19(18(22)24)8-4-3-5-9-19/h6-7,10H,3-5,8-9,11-13H2,1-2H3. The van der Waals surface area contributed by atoms with Crippen molar-refractivity contribution in [3.63, 3.8) is 0 Å². The zero-order chi connectivity index (χ0) is 18.0. The number of halogens is 1. The van der Waals surface area contributed by atoms with Crippen molar-refractivity contribution < 1.29 is 14.3 Å². The normalized spacial score (nSPS) is 19.9.